The average Bonchev–Trinajstić information content (AvgIpc) is 2.76. The zero-order chi connectivity index (χ0) is 24.9. The third kappa shape index (κ3) is 7.40. The van der Waals surface area contributed by atoms with Crippen molar-refractivity contribution in [1.82, 2.24) is 0 Å². The molecule has 0 aromatic heterocycles. The van der Waals surface area contributed by atoms with Crippen LogP contribution in [0.25, 0.3) is 0 Å². The lowest BCUT2D eigenvalue weighted by atomic mass is 10.0. The minimum Gasteiger partial charge on any atom is -0.481 e. The van der Waals surface area contributed by atoms with Gasteiger partial charge in [0.1, 0.15) is 27.2 Å². The molecule has 0 radical (unpaired) electrons. The number of carboxylic acid groups (broad SMARTS) is 1. The Morgan fingerprint density at radius 2 is 1.62 bits per heavy atom. The smallest absolute Gasteiger partial charge is 0.307 e. The summed E-state index contributed by atoms with van der Waals surface area (Å²) in [6.07, 6.45) is 1.16. The normalized spacial score (nSPS) is 11.3. The molecule has 0 amide bonds. The third-order valence-corrected chi connectivity index (χ3v) is 6.21. The van der Waals surface area contributed by atoms with Gasteiger partial charge in [-0.2, -0.15) is 0 Å². The molecule has 178 valence electrons. The average molecular weight is 505 g/mol. The molecule has 9 heteroatoms. The number of ether oxygens (including phenoxy) is 1. The van der Waals surface area contributed by atoms with E-state index in [0.29, 0.717) is 33.8 Å². The van der Waals surface area contributed by atoms with Gasteiger partial charge in [-0.25, -0.2) is 12.8 Å². The number of hydrogen-bond acceptors (Lipinski definition) is 5. The number of benzene rings is 3. The summed E-state index contributed by atoms with van der Waals surface area (Å²) < 4.78 is 42.4. The van der Waals surface area contributed by atoms with E-state index in [0.717, 1.165) is 6.26 Å². The number of sulfone groups is 1. The summed E-state index contributed by atoms with van der Waals surface area (Å²) in [4.78, 5) is 23.6. The highest BCUT2D eigenvalue weighted by Crippen LogP contribution is 2.28. The summed E-state index contributed by atoms with van der Waals surface area (Å²) >= 11 is 5.77. The second-order valence-electron chi connectivity index (χ2n) is 7.87. The first kappa shape index (κ1) is 25.4. The first-order valence-electron chi connectivity index (χ1n) is 10.3. The van der Waals surface area contributed by atoms with E-state index in [9.17, 15) is 22.4 Å². The van der Waals surface area contributed by atoms with Gasteiger partial charge in [-0.3, -0.25) is 9.59 Å². The maximum atomic E-state index is 13.3. The molecule has 0 aliphatic heterocycles. The SMILES string of the molecule is CS(=O)(=O)CCc1cc(CC(=O)O)ccc1Oc1ccc(C(=O)Cc2ccc(F)c(Cl)c2)cc1. The van der Waals surface area contributed by atoms with Crippen LogP contribution in [0.1, 0.15) is 27.0 Å². The van der Waals surface area contributed by atoms with E-state index in [2.05, 4.69) is 0 Å². The molecule has 0 fully saturated rings. The van der Waals surface area contributed by atoms with Gasteiger partial charge in [-0.1, -0.05) is 29.8 Å². The van der Waals surface area contributed by atoms with Gasteiger partial charge in [0.15, 0.2) is 5.78 Å². The van der Waals surface area contributed by atoms with Gasteiger partial charge in [0.2, 0.25) is 0 Å². The molecule has 3 rings (SSSR count). The molecule has 0 aliphatic carbocycles. The standard InChI is InChI=1S/C25H22ClFO6S/c1-34(31,32)11-10-19-12-16(15-25(29)30)3-9-24(19)33-20-6-4-18(5-7-20)23(28)14-17-2-8-22(27)21(26)13-17/h2-9,12-13H,10-11,14-15H2,1H3,(H,29,30). The van der Waals surface area contributed by atoms with Crippen LogP contribution in [0.2, 0.25) is 5.02 Å². The third-order valence-electron chi connectivity index (χ3n) is 4.98. The first-order chi connectivity index (χ1) is 16.0. The van der Waals surface area contributed by atoms with Gasteiger partial charge < -0.3 is 9.84 Å². The highest BCUT2D eigenvalue weighted by Gasteiger charge is 2.13. The summed E-state index contributed by atoms with van der Waals surface area (Å²) in [6.45, 7) is 0. The quantitative estimate of drug-likeness (QED) is 0.394. The van der Waals surface area contributed by atoms with Gasteiger partial charge in [0.05, 0.1) is 17.2 Å². The predicted molar refractivity (Wildman–Crippen MR) is 127 cm³/mol. The number of Topliss-reactive ketones (excluding diaryl/α,β-unsaturated/α-hetero) is 1. The topological polar surface area (TPSA) is 97.7 Å². The van der Waals surface area contributed by atoms with Crippen LogP contribution in [0.5, 0.6) is 11.5 Å². The Morgan fingerprint density at radius 1 is 0.971 bits per heavy atom. The highest BCUT2D eigenvalue weighted by molar-refractivity contribution is 7.90. The van der Waals surface area contributed by atoms with Crippen molar-refractivity contribution in [3.63, 3.8) is 0 Å². The van der Waals surface area contributed by atoms with Crippen LogP contribution in [0.3, 0.4) is 0 Å². The summed E-state index contributed by atoms with van der Waals surface area (Å²) in [7, 11) is -3.23. The number of carbonyl (C=O) groups is 2. The van der Waals surface area contributed by atoms with Crippen molar-refractivity contribution in [2.45, 2.75) is 19.3 Å². The van der Waals surface area contributed by atoms with Crippen molar-refractivity contribution in [3.8, 4) is 11.5 Å². The Labute approximate surface area is 201 Å². The largest absolute Gasteiger partial charge is 0.481 e. The van der Waals surface area contributed by atoms with Crippen LogP contribution < -0.4 is 4.74 Å². The number of carbonyl (C=O) groups excluding carboxylic acids is 1. The molecule has 3 aromatic carbocycles. The minimum absolute atomic E-state index is 0.0462. The number of hydrogen-bond donors (Lipinski definition) is 1. The molecule has 0 unspecified atom stereocenters. The Hall–Kier alpha value is -3.23. The number of rotatable bonds is 10. The van der Waals surface area contributed by atoms with E-state index < -0.39 is 21.6 Å². The molecular weight excluding hydrogens is 483 g/mol. The Kier molecular flexibility index (Phi) is 8.06. The lowest BCUT2D eigenvalue weighted by molar-refractivity contribution is -0.136. The van der Waals surface area contributed by atoms with Crippen molar-refractivity contribution < 1.29 is 32.2 Å². The van der Waals surface area contributed by atoms with Crippen LogP contribution in [-0.2, 0) is 33.9 Å². The van der Waals surface area contributed by atoms with Crippen LogP contribution in [0, 0.1) is 5.82 Å². The van der Waals surface area contributed by atoms with Crippen molar-refractivity contribution in [1.29, 1.82) is 0 Å². The molecule has 0 atom stereocenters. The lowest BCUT2D eigenvalue weighted by Gasteiger charge is -2.13. The number of aryl methyl sites for hydroxylation is 1. The molecule has 6 nitrogen and oxygen atoms in total. The number of carboxylic acids is 1. The number of ketones is 1. The van der Waals surface area contributed by atoms with Gasteiger partial charge >= 0.3 is 5.97 Å². The van der Waals surface area contributed by atoms with E-state index in [1.165, 1.54) is 18.2 Å². The molecule has 0 spiro atoms. The van der Waals surface area contributed by atoms with Crippen LogP contribution in [0.4, 0.5) is 4.39 Å². The fraction of sp³-hybridized carbons (Fsp3) is 0.200. The first-order valence-corrected chi connectivity index (χ1v) is 12.7. The molecule has 0 heterocycles. The molecule has 0 bridgehead atoms. The second-order valence-corrected chi connectivity index (χ2v) is 10.5. The molecule has 0 aliphatic rings. The molecular formula is C25H22ClFO6S. The predicted octanol–water partition coefficient (Wildman–Crippen LogP) is 4.91. The maximum absolute atomic E-state index is 13.3. The molecule has 0 saturated carbocycles. The van der Waals surface area contributed by atoms with Crippen molar-refractivity contribution in [3.05, 3.63) is 93.8 Å². The van der Waals surface area contributed by atoms with Crippen LogP contribution in [0.15, 0.2) is 60.7 Å². The monoisotopic (exact) mass is 504 g/mol. The fourth-order valence-corrected chi connectivity index (χ4v) is 4.07. The molecule has 34 heavy (non-hydrogen) atoms. The molecule has 1 N–H and O–H groups in total. The molecule has 0 saturated heterocycles. The summed E-state index contributed by atoms with van der Waals surface area (Å²) in [5.74, 6) is -1.01. The van der Waals surface area contributed by atoms with Gasteiger partial charge in [0.25, 0.3) is 0 Å². The van der Waals surface area contributed by atoms with E-state index in [-0.39, 0.29) is 35.8 Å². The van der Waals surface area contributed by atoms with Crippen molar-refractivity contribution in [2.24, 2.45) is 0 Å². The Balaban J connectivity index is 1.76. The van der Waals surface area contributed by atoms with E-state index in [1.54, 1.807) is 42.5 Å². The number of halogens is 2. The molecule has 3 aromatic rings. The Morgan fingerprint density at radius 3 is 2.24 bits per heavy atom. The van der Waals surface area contributed by atoms with Crippen LogP contribution in [-0.4, -0.2) is 37.3 Å². The highest BCUT2D eigenvalue weighted by atomic mass is 35.5. The van der Waals surface area contributed by atoms with Gasteiger partial charge in [-0.05, 0) is 65.6 Å². The fourth-order valence-electron chi connectivity index (χ4n) is 3.28. The van der Waals surface area contributed by atoms with Crippen molar-refractivity contribution >= 4 is 33.2 Å². The Bertz CT molecular complexity index is 1320. The number of aliphatic carboxylic acids is 1. The van der Waals surface area contributed by atoms with Gasteiger partial charge in [-0.15, -0.1) is 0 Å². The van der Waals surface area contributed by atoms with E-state index >= 15 is 0 Å². The summed E-state index contributed by atoms with van der Waals surface area (Å²) in [5, 5.41) is 8.99. The second kappa shape index (κ2) is 10.8. The zero-order valence-electron chi connectivity index (χ0n) is 18.3. The van der Waals surface area contributed by atoms with E-state index in [4.69, 9.17) is 21.4 Å². The lowest BCUT2D eigenvalue weighted by Crippen LogP contribution is -2.08. The van der Waals surface area contributed by atoms with Crippen LogP contribution >= 0.6 is 11.6 Å². The zero-order valence-corrected chi connectivity index (χ0v) is 19.8. The summed E-state index contributed by atoms with van der Waals surface area (Å²) in [5.41, 5.74) is 2.12. The van der Waals surface area contributed by atoms with Crippen molar-refractivity contribution in [2.75, 3.05) is 12.0 Å². The maximum Gasteiger partial charge on any atom is 0.307 e. The van der Waals surface area contributed by atoms with Gasteiger partial charge in [0, 0.05) is 18.2 Å². The minimum atomic E-state index is -3.23. The van der Waals surface area contributed by atoms with E-state index in [1.807, 2.05) is 0 Å². The summed E-state index contributed by atoms with van der Waals surface area (Å²) in [6, 6.07) is 15.4.